The van der Waals surface area contributed by atoms with Crippen LogP contribution in [-0.2, 0) is 10.2 Å². The van der Waals surface area contributed by atoms with Crippen LogP contribution in [0.25, 0.3) is 0 Å². The van der Waals surface area contributed by atoms with E-state index in [9.17, 15) is 18.0 Å². The van der Waals surface area contributed by atoms with E-state index in [1.54, 1.807) is 6.92 Å². The van der Waals surface area contributed by atoms with E-state index in [4.69, 9.17) is 0 Å². The minimum absolute atomic E-state index is 0.121. The van der Waals surface area contributed by atoms with Gasteiger partial charge in [0.05, 0.1) is 11.7 Å². The van der Waals surface area contributed by atoms with Crippen molar-refractivity contribution in [3.63, 3.8) is 0 Å². The van der Waals surface area contributed by atoms with Crippen LogP contribution >= 0.6 is 11.3 Å². The van der Waals surface area contributed by atoms with Gasteiger partial charge in [-0.1, -0.05) is 20.8 Å². The van der Waals surface area contributed by atoms with Gasteiger partial charge >= 0.3 is 6.18 Å². The Morgan fingerprint density at radius 3 is 2.42 bits per heavy atom. The lowest BCUT2D eigenvalue weighted by Crippen LogP contribution is -2.30. The maximum atomic E-state index is 12.0. The lowest BCUT2D eigenvalue weighted by atomic mass is 9.93. The molecule has 7 heteroatoms. The van der Waals surface area contributed by atoms with Crippen molar-refractivity contribution < 1.29 is 18.0 Å². The SMILES string of the molecule is C[C@@H](NC(=O)CC(F)(F)F)c1nc(C(C)(C)C)cs1. The summed E-state index contributed by atoms with van der Waals surface area (Å²) >= 11 is 1.34. The fourth-order valence-electron chi connectivity index (χ4n) is 1.37. The Balaban J connectivity index is 2.66. The Morgan fingerprint density at radius 1 is 1.42 bits per heavy atom. The molecule has 0 aromatic carbocycles. The van der Waals surface area contributed by atoms with Gasteiger partial charge in [0, 0.05) is 10.8 Å². The monoisotopic (exact) mass is 294 g/mol. The molecule has 1 amide bonds. The largest absolute Gasteiger partial charge is 0.397 e. The molecule has 0 aliphatic carbocycles. The van der Waals surface area contributed by atoms with Crippen LogP contribution in [0.5, 0.6) is 0 Å². The average Bonchev–Trinajstić information content (AvgIpc) is 2.61. The van der Waals surface area contributed by atoms with Crippen molar-refractivity contribution in [1.29, 1.82) is 0 Å². The quantitative estimate of drug-likeness (QED) is 0.926. The smallest absolute Gasteiger partial charge is 0.347 e. The van der Waals surface area contributed by atoms with Crippen molar-refractivity contribution in [3.8, 4) is 0 Å². The molecule has 1 aromatic rings. The van der Waals surface area contributed by atoms with Gasteiger partial charge < -0.3 is 5.32 Å². The second kappa shape index (κ2) is 5.48. The molecule has 19 heavy (non-hydrogen) atoms. The molecule has 0 bridgehead atoms. The van der Waals surface area contributed by atoms with Gasteiger partial charge in [-0.3, -0.25) is 4.79 Å². The molecule has 0 fully saturated rings. The summed E-state index contributed by atoms with van der Waals surface area (Å²) in [5.74, 6) is -1.03. The van der Waals surface area contributed by atoms with Crippen LogP contribution in [0.4, 0.5) is 13.2 Å². The summed E-state index contributed by atoms with van der Waals surface area (Å²) < 4.78 is 36.1. The van der Waals surface area contributed by atoms with Crippen LogP contribution in [0.15, 0.2) is 5.38 Å². The number of rotatable bonds is 3. The lowest BCUT2D eigenvalue weighted by Gasteiger charge is -2.15. The predicted molar refractivity (Wildman–Crippen MR) is 68.0 cm³/mol. The van der Waals surface area contributed by atoms with Crippen LogP contribution in [0.2, 0.25) is 0 Å². The van der Waals surface area contributed by atoms with Crippen LogP contribution in [0.3, 0.4) is 0 Å². The summed E-state index contributed by atoms with van der Waals surface area (Å²) in [6, 6.07) is -0.518. The number of nitrogens with one attached hydrogen (secondary N) is 1. The zero-order valence-electron chi connectivity index (χ0n) is 11.3. The maximum absolute atomic E-state index is 12.0. The standard InChI is InChI=1S/C12H17F3N2OS/c1-7(16-9(18)5-12(13,14)15)10-17-8(6-19-10)11(2,3)4/h6-7H,5H2,1-4H3,(H,16,18)/t7-/m1/s1. The second-order valence-corrected chi connectivity index (χ2v) is 6.29. The molecular formula is C12H17F3N2OS. The zero-order valence-corrected chi connectivity index (χ0v) is 12.1. The predicted octanol–water partition coefficient (Wildman–Crippen LogP) is 3.57. The maximum Gasteiger partial charge on any atom is 0.397 e. The normalized spacial score (nSPS) is 14.3. The van der Waals surface area contributed by atoms with Gasteiger partial charge in [0.2, 0.25) is 5.91 Å². The summed E-state index contributed by atoms with van der Waals surface area (Å²) in [4.78, 5) is 15.5. The highest BCUT2D eigenvalue weighted by atomic mass is 32.1. The highest BCUT2D eigenvalue weighted by Gasteiger charge is 2.32. The Bertz CT molecular complexity index is 449. The number of thiazole rings is 1. The molecular weight excluding hydrogens is 277 g/mol. The van der Waals surface area contributed by atoms with Gasteiger partial charge in [0.1, 0.15) is 11.4 Å². The molecule has 0 spiro atoms. The van der Waals surface area contributed by atoms with Crippen LogP contribution < -0.4 is 5.32 Å². The molecule has 3 nitrogen and oxygen atoms in total. The summed E-state index contributed by atoms with van der Waals surface area (Å²) in [6.07, 6.45) is -5.95. The fraction of sp³-hybridized carbons (Fsp3) is 0.667. The Morgan fingerprint density at radius 2 is 2.00 bits per heavy atom. The number of aromatic nitrogens is 1. The van der Waals surface area contributed by atoms with E-state index >= 15 is 0 Å². The number of halogens is 3. The highest BCUT2D eigenvalue weighted by Crippen LogP contribution is 2.27. The van der Waals surface area contributed by atoms with E-state index in [1.165, 1.54) is 11.3 Å². The molecule has 1 rings (SSSR count). The van der Waals surface area contributed by atoms with Gasteiger partial charge in [0.15, 0.2) is 0 Å². The summed E-state index contributed by atoms with van der Waals surface area (Å²) in [6.45, 7) is 7.62. The molecule has 0 saturated heterocycles. The minimum atomic E-state index is -4.48. The second-order valence-electron chi connectivity index (χ2n) is 5.40. The molecule has 0 unspecified atom stereocenters. The molecule has 0 saturated carbocycles. The highest BCUT2D eigenvalue weighted by molar-refractivity contribution is 7.09. The number of nitrogens with zero attached hydrogens (tertiary/aromatic N) is 1. The van der Waals surface area contributed by atoms with Crippen LogP contribution in [0, 0.1) is 0 Å². The number of amides is 1. The third-order valence-corrected chi connectivity index (χ3v) is 3.43. The number of hydrogen-bond donors (Lipinski definition) is 1. The average molecular weight is 294 g/mol. The minimum Gasteiger partial charge on any atom is -0.347 e. The van der Waals surface area contributed by atoms with E-state index in [1.807, 2.05) is 26.2 Å². The third kappa shape index (κ3) is 5.18. The van der Waals surface area contributed by atoms with Gasteiger partial charge in [-0.05, 0) is 6.92 Å². The molecule has 1 N–H and O–H groups in total. The van der Waals surface area contributed by atoms with Gasteiger partial charge in [-0.25, -0.2) is 4.98 Å². The van der Waals surface area contributed by atoms with E-state index in [0.29, 0.717) is 5.01 Å². The molecule has 1 aromatic heterocycles. The van der Waals surface area contributed by atoms with Gasteiger partial charge in [-0.2, -0.15) is 13.2 Å². The summed E-state index contributed by atoms with van der Waals surface area (Å²) in [5.41, 5.74) is 0.745. The summed E-state index contributed by atoms with van der Waals surface area (Å²) in [7, 11) is 0. The first kappa shape index (κ1) is 15.9. The van der Waals surface area contributed by atoms with Crippen molar-refractivity contribution in [2.45, 2.75) is 51.7 Å². The first-order valence-corrected chi connectivity index (χ1v) is 6.69. The number of carbonyl (C=O) groups is 1. The Labute approximate surface area is 114 Å². The topological polar surface area (TPSA) is 42.0 Å². The van der Waals surface area contributed by atoms with E-state index in [-0.39, 0.29) is 5.41 Å². The van der Waals surface area contributed by atoms with Crippen molar-refractivity contribution in [3.05, 3.63) is 16.1 Å². The molecule has 1 atom stereocenters. The van der Waals surface area contributed by atoms with E-state index < -0.39 is 24.5 Å². The zero-order chi connectivity index (χ0) is 14.8. The van der Waals surface area contributed by atoms with Crippen molar-refractivity contribution >= 4 is 17.2 Å². The van der Waals surface area contributed by atoms with E-state index in [0.717, 1.165) is 5.69 Å². The summed E-state index contributed by atoms with van der Waals surface area (Å²) in [5, 5.41) is 4.78. The lowest BCUT2D eigenvalue weighted by molar-refractivity contribution is -0.154. The number of alkyl halides is 3. The number of carbonyl (C=O) groups excluding carboxylic acids is 1. The van der Waals surface area contributed by atoms with Crippen molar-refractivity contribution in [2.75, 3.05) is 0 Å². The number of hydrogen-bond acceptors (Lipinski definition) is 3. The first-order chi connectivity index (χ1) is 8.49. The van der Waals surface area contributed by atoms with Crippen LogP contribution in [0.1, 0.15) is 50.9 Å². The Hall–Kier alpha value is -1.11. The van der Waals surface area contributed by atoms with Crippen LogP contribution in [-0.4, -0.2) is 17.1 Å². The van der Waals surface area contributed by atoms with Crippen molar-refractivity contribution in [1.82, 2.24) is 10.3 Å². The molecule has 0 aliphatic heterocycles. The molecule has 1 heterocycles. The first-order valence-electron chi connectivity index (χ1n) is 5.81. The molecule has 108 valence electrons. The molecule has 0 radical (unpaired) electrons. The molecule has 0 aliphatic rings. The van der Waals surface area contributed by atoms with Crippen molar-refractivity contribution in [2.24, 2.45) is 0 Å². The van der Waals surface area contributed by atoms with Gasteiger partial charge in [0.25, 0.3) is 0 Å². The van der Waals surface area contributed by atoms with E-state index in [2.05, 4.69) is 10.3 Å². The third-order valence-electron chi connectivity index (χ3n) is 2.40. The van der Waals surface area contributed by atoms with Gasteiger partial charge in [-0.15, -0.1) is 11.3 Å². The fourth-order valence-corrected chi connectivity index (χ4v) is 2.42. The Kier molecular flexibility index (Phi) is 4.60.